The van der Waals surface area contributed by atoms with E-state index >= 15 is 0 Å². The molecule has 0 spiro atoms. The molecule has 2 saturated heterocycles. The van der Waals surface area contributed by atoms with Gasteiger partial charge in [0, 0.05) is 19.4 Å². The van der Waals surface area contributed by atoms with Crippen molar-refractivity contribution in [2.45, 2.75) is 76.8 Å². The van der Waals surface area contributed by atoms with E-state index in [-0.39, 0.29) is 11.1 Å². The minimum Gasteiger partial charge on any atom is -0.466 e. The Balaban J connectivity index is 2.16. The highest BCUT2D eigenvalue weighted by Gasteiger charge is 2.54. The van der Waals surface area contributed by atoms with Crippen molar-refractivity contribution in [3.63, 3.8) is 0 Å². The second-order valence-electron chi connectivity index (χ2n) is 9.27. The summed E-state index contributed by atoms with van der Waals surface area (Å²) < 4.78 is 32.1. The summed E-state index contributed by atoms with van der Waals surface area (Å²) in [5.41, 5.74) is -2.02. The van der Waals surface area contributed by atoms with Crippen LogP contribution >= 0.6 is 0 Å². The van der Waals surface area contributed by atoms with E-state index in [4.69, 9.17) is 28.4 Å². The van der Waals surface area contributed by atoms with E-state index < -0.39 is 78.0 Å². The van der Waals surface area contributed by atoms with Crippen LogP contribution < -0.4 is 0 Å². The molecule has 1 N–H and O–H groups in total. The van der Waals surface area contributed by atoms with Crippen molar-refractivity contribution in [2.75, 3.05) is 7.11 Å². The lowest BCUT2D eigenvalue weighted by Crippen LogP contribution is -2.53. The molecule has 8 atom stereocenters. The maximum Gasteiger partial charge on any atom is 0.342 e. The van der Waals surface area contributed by atoms with Gasteiger partial charge in [0.05, 0.1) is 18.6 Å². The molecule has 3 rings (SSSR count). The van der Waals surface area contributed by atoms with Crippen LogP contribution in [0.2, 0.25) is 0 Å². The minimum absolute atomic E-state index is 0.116. The van der Waals surface area contributed by atoms with Gasteiger partial charge in [-0.2, -0.15) is 0 Å². The lowest BCUT2D eigenvalue weighted by atomic mass is 9.83. The van der Waals surface area contributed by atoms with Crippen LogP contribution in [0.1, 0.15) is 34.6 Å². The first-order valence-electron chi connectivity index (χ1n) is 11.5. The molecular weight excluding hydrogens is 492 g/mol. The summed E-state index contributed by atoms with van der Waals surface area (Å²) in [6.07, 6.45) is -3.61. The van der Waals surface area contributed by atoms with Crippen molar-refractivity contribution in [2.24, 2.45) is 5.92 Å². The fourth-order valence-electron chi connectivity index (χ4n) is 4.26. The third-order valence-corrected chi connectivity index (χ3v) is 6.47. The zero-order valence-electron chi connectivity index (χ0n) is 21.3. The topological polar surface area (TPSA) is 164 Å². The second kappa shape index (κ2) is 10.5. The van der Waals surface area contributed by atoms with Gasteiger partial charge in [0.1, 0.15) is 24.4 Å². The Hall–Kier alpha value is -3.51. The Morgan fingerprint density at radius 1 is 1.11 bits per heavy atom. The van der Waals surface area contributed by atoms with Gasteiger partial charge in [-0.05, 0) is 38.5 Å². The third kappa shape index (κ3) is 5.75. The maximum atomic E-state index is 13.3. The summed E-state index contributed by atoms with van der Waals surface area (Å²) in [7, 11) is 1.11. The summed E-state index contributed by atoms with van der Waals surface area (Å²) in [4.78, 5) is 62.2. The number of epoxide rings is 1. The zero-order valence-corrected chi connectivity index (χ0v) is 21.3. The Kier molecular flexibility index (Phi) is 7.94. The first-order chi connectivity index (χ1) is 17.2. The fraction of sp³-hybridized carbons (Fsp3) is 0.560. The number of carbonyl (C=O) groups excluding carboxylic acids is 5. The van der Waals surface area contributed by atoms with Gasteiger partial charge < -0.3 is 33.5 Å². The van der Waals surface area contributed by atoms with Gasteiger partial charge >= 0.3 is 29.8 Å². The van der Waals surface area contributed by atoms with Crippen LogP contribution in [0.15, 0.2) is 35.5 Å². The van der Waals surface area contributed by atoms with Crippen molar-refractivity contribution in [3.8, 4) is 0 Å². The van der Waals surface area contributed by atoms with Crippen LogP contribution in [0.5, 0.6) is 0 Å². The Bertz CT molecular complexity index is 1080. The Morgan fingerprint density at radius 2 is 1.76 bits per heavy atom. The fourth-order valence-corrected chi connectivity index (χ4v) is 4.26. The van der Waals surface area contributed by atoms with Gasteiger partial charge in [0.25, 0.3) is 0 Å². The zero-order chi connectivity index (χ0) is 27.8. The molecule has 0 aromatic heterocycles. The molecule has 0 aromatic rings. The maximum absolute atomic E-state index is 13.3. The Labute approximate surface area is 213 Å². The number of fused-ring (bicyclic) bond motifs is 2. The van der Waals surface area contributed by atoms with Gasteiger partial charge in [0.15, 0.2) is 17.8 Å². The summed E-state index contributed by atoms with van der Waals surface area (Å²) >= 11 is 0. The van der Waals surface area contributed by atoms with E-state index in [1.54, 1.807) is 13.0 Å². The summed E-state index contributed by atoms with van der Waals surface area (Å²) in [5.74, 6) is -5.72. The number of methoxy groups -OCH3 is 1. The van der Waals surface area contributed by atoms with E-state index in [2.05, 4.69) is 6.58 Å². The number of hydrogen-bond donors (Lipinski definition) is 1. The highest BCUT2D eigenvalue weighted by molar-refractivity contribution is 5.93. The van der Waals surface area contributed by atoms with Gasteiger partial charge in [-0.3, -0.25) is 9.59 Å². The van der Waals surface area contributed by atoms with E-state index in [1.165, 1.54) is 13.0 Å². The molecule has 0 bridgehead atoms. The highest BCUT2D eigenvalue weighted by atomic mass is 16.6. The normalized spacial score (nSPS) is 33.9. The van der Waals surface area contributed by atoms with E-state index in [0.717, 1.165) is 27.9 Å². The van der Waals surface area contributed by atoms with Crippen LogP contribution in [-0.4, -0.2) is 84.3 Å². The van der Waals surface area contributed by atoms with Crippen LogP contribution in [0.4, 0.5) is 0 Å². The number of esters is 5. The lowest BCUT2D eigenvalue weighted by molar-refractivity contribution is -0.196. The van der Waals surface area contributed by atoms with E-state index in [9.17, 15) is 29.1 Å². The number of aliphatic hydroxyl groups is 1. The third-order valence-electron chi connectivity index (χ3n) is 6.47. The molecule has 2 heterocycles. The van der Waals surface area contributed by atoms with E-state index in [0.29, 0.717) is 5.57 Å². The van der Waals surface area contributed by atoms with Crippen molar-refractivity contribution >= 4 is 29.8 Å². The van der Waals surface area contributed by atoms with Crippen molar-refractivity contribution in [1.82, 2.24) is 0 Å². The molecule has 12 heteroatoms. The molecule has 0 radical (unpaired) electrons. The standard InChI is InChI=1S/C25H30O12/c1-10-8-16-18(11(2)22(28)36-16)21(37-24(30)25(6,31)12(3)33-13(4)26)20(34-14(5)27)15(23(29)32-7)9-17-19(10)35-17/h8-9,12,16-21,31H,2H2,1,3-7H3/b10-8+,15-9+/t12-,16-,17+,18-,19-,20-,21-,25+/m0/s1. The first kappa shape index (κ1) is 28.1. The molecule has 0 aromatic carbocycles. The molecule has 0 amide bonds. The molecule has 1 aliphatic carbocycles. The largest absolute Gasteiger partial charge is 0.466 e. The molecular formula is C25H30O12. The lowest BCUT2D eigenvalue weighted by Gasteiger charge is -2.36. The average Bonchev–Trinajstić information content (AvgIpc) is 3.52. The molecule has 202 valence electrons. The van der Waals surface area contributed by atoms with Crippen LogP contribution in [0.25, 0.3) is 0 Å². The van der Waals surface area contributed by atoms with Gasteiger partial charge in [0.2, 0.25) is 0 Å². The van der Waals surface area contributed by atoms with Crippen LogP contribution in [0, 0.1) is 5.92 Å². The summed E-state index contributed by atoms with van der Waals surface area (Å²) in [6, 6.07) is 0. The van der Waals surface area contributed by atoms with Gasteiger partial charge in [-0.25, -0.2) is 14.4 Å². The number of ether oxygens (including phenoxy) is 6. The van der Waals surface area contributed by atoms with Crippen molar-refractivity contribution < 1.29 is 57.5 Å². The predicted molar refractivity (Wildman–Crippen MR) is 122 cm³/mol. The Morgan fingerprint density at radius 3 is 2.32 bits per heavy atom. The van der Waals surface area contributed by atoms with Gasteiger partial charge in [-0.1, -0.05) is 6.58 Å². The second-order valence-corrected chi connectivity index (χ2v) is 9.27. The molecule has 0 saturated carbocycles. The quantitative estimate of drug-likeness (QED) is 0.169. The number of carbonyl (C=O) groups is 5. The SMILES string of the molecule is C=C1C(=O)O[C@H]2/C=C(\C)[C@@H]3O[C@@H]3/C=C(/C(=O)OC)[C@H](OC(C)=O)[C@@H](OC(=O)[C@](C)(O)[C@H](C)OC(C)=O)[C@@H]12. The van der Waals surface area contributed by atoms with Crippen molar-refractivity contribution in [3.05, 3.63) is 35.5 Å². The average molecular weight is 523 g/mol. The molecule has 2 fully saturated rings. The molecule has 2 aliphatic heterocycles. The predicted octanol–water partition coefficient (Wildman–Crippen LogP) is 0.457. The summed E-state index contributed by atoms with van der Waals surface area (Å²) in [6.45, 7) is 10.0. The minimum atomic E-state index is -2.37. The number of hydrogen-bond acceptors (Lipinski definition) is 12. The van der Waals surface area contributed by atoms with Gasteiger partial charge in [-0.15, -0.1) is 0 Å². The highest BCUT2D eigenvalue weighted by Crippen LogP contribution is 2.41. The first-order valence-corrected chi connectivity index (χ1v) is 11.5. The smallest absolute Gasteiger partial charge is 0.342 e. The number of rotatable bonds is 6. The van der Waals surface area contributed by atoms with Crippen LogP contribution in [-0.2, 0) is 52.4 Å². The molecule has 37 heavy (non-hydrogen) atoms. The molecule has 12 nitrogen and oxygen atoms in total. The summed E-state index contributed by atoms with van der Waals surface area (Å²) in [5, 5.41) is 10.9. The van der Waals surface area contributed by atoms with E-state index in [1.807, 2.05) is 0 Å². The van der Waals surface area contributed by atoms with Crippen molar-refractivity contribution in [1.29, 1.82) is 0 Å². The molecule has 0 unspecified atom stereocenters. The monoisotopic (exact) mass is 522 g/mol. The van der Waals surface area contributed by atoms with Crippen LogP contribution in [0.3, 0.4) is 0 Å². The molecule has 3 aliphatic rings.